The van der Waals surface area contributed by atoms with E-state index in [0.717, 1.165) is 18.8 Å². The van der Waals surface area contributed by atoms with Crippen LogP contribution in [-0.2, 0) is 0 Å². The molecule has 2 unspecified atom stereocenters. The van der Waals surface area contributed by atoms with Crippen molar-refractivity contribution in [3.63, 3.8) is 0 Å². The van der Waals surface area contributed by atoms with Crippen LogP contribution < -0.4 is 15.4 Å². The molecular formula is C13H16N2O2. The van der Waals surface area contributed by atoms with Crippen molar-refractivity contribution in [3.05, 3.63) is 29.8 Å². The Morgan fingerprint density at radius 3 is 2.53 bits per heavy atom. The number of carbonyl (C=O) groups excluding carboxylic acids is 1. The molecule has 17 heavy (non-hydrogen) atoms. The fourth-order valence-corrected chi connectivity index (χ4v) is 2.61. The van der Waals surface area contributed by atoms with Crippen LogP contribution in [0.2, 0.25) is 0 Å². The Morgan fingerprint density at radius 1 is 1.29 bits per heavy atom. The lowest BCUT2D eigenvalue weighted by Gasteiger charge is -2.08. The van der Waals surface area contributed by atoms with E-state index in [1.165, 1.54) is 0 Å². The third kappa shape index (κ3) is 1.89. The normalized spacial score (nSPS) is 29.6. The molecule has 90 valence electrons. The summed E-state index contributed by atoms with van der Waals surface area (Å²) >= 11 is 0. The van der Waals surface area contributed by atoms with Crippen LogP contribution in [0.5, 0.6) is 5.75 Å². The predicted molar refractivity (Wildman–Crippen MR) is 64.1 cm³/mol. The van der Waals surface area contributed by atoms with Gasteiger partial charge in [0.05, 0.1) is 7.11 Å². The number of benzene rings is 1. The van der Waals surface area contributed by atoms with Gasteiger partial charge in [-0.3, -0.25) is 4.79 Å². The van der Waals surface area contributed by atoms with Crippen molar-refractivity contribution in [1.29, 1.82) is 0 Å². The Morgan fingerprint density at radius 2 is 1.94 bits per heavy atom. The molecule has 1 aromatic rings. The second kappa shape index (κ2) is 4.04. The number of rotatable bonds is 3. The zero-order valence-electron chi connectivity index (χ0n) is 9.77. The summed E-state index contributed by atoms with van der Waals surface area (Å²) in [7, 11) is 1.62. The van der Waals surface area contributed by atoms with Crippen LogP contribution in [0.1, 0.15) is 10.4 Å². The van der Waals surface area contributed by atoms with E-state index in [9.17, 15) is 4.79 Å². The number of fused-ring (bicyclic) bond motifs is 1. The molecule has 1 amide bonds. The molecule has 1 heterocycles. The van der Waals surface area contributed by atoms with Crippen LogP contribution in [0, 0.1) is 11.8 Å². The van der Waals surface area contributed by atoms with Crippen molar-refractivity contribution in [2.75, 3.05) is 20.2 Å². The Kier molecular flexibility index (Phi) is 2.52. The summed E-state index contributed by atoms with van der Waals surface area (Å²) in [5.41, 5.74) is 0.698. The first-order chi connectivity index (χ1) is 8.29. The van der Waals surface area contributed by atoms with Crippen molar-refractivity contribution in [3.8, 4) is 5.75 Å². The molecule has 2 atom stereocenters. The summed E-state index contributed by atoms with van der Waals surface area (Å²) in [6, 6.07) is 7.59. The monoisotopic (exact) mass is 232 g/mol. The largest absolute Gasteiger partial charge is 0.497 e. The Bertz CT molecular complexity index is 420. The van der Waals surface area contributed by atoms with Crippen molar-refractivity contribution >= 4 is 5.91 Å². The van der Waals surface area contributed by atoms with Gasteiger partial charge in [-0.25, -0.2) is 0 Å². The first-order valence-corrected chi connectivity index (χ1v) is 5.95. The van der Waals surface area contributed by atoms with Crippen molar-refractivity contribution in [2.45, 2.75) is 6.04 Å². The van der Waals surface area contributed by atoms with Crippen molar-refractivity contribution in [1.82, 2.24) is 10.6 Å². The van der Waals surface area contributed by atoms with Crippen molar-refractivity contribution in [2.24, 2.45) is 11.8 Å². The molecule has 0 spiro atoms. The molecule has 1 aromatic carbocycles. The lowest BCUT2D eigenvalue weighted by Crippen LogP contribution is -2.32. The number of methoxy groups -OCH3 is 1. The van der Waals surface area contributed by atoms with Gasteiger partial charge in [0.1, 0.15) is 5.75 Å². The highest BCUT2D eigenvalue weighted by molar-refractivity contribution is 5.94. The van der Waals surface area contributed by atoms with Crippen LogP contribution in [0.3, 0.4) is 0 Å². The van der Waals surface area contributed by atoms with E-state index in [1.807, 2.05) is 12.1 Å². The van der Waals surface area contributed by atoms with E-state index in [0.29, 0.717) is 23.4 Å². The molecule has 1 aliphatic heterocycles. The average Bonchev–Trinajstić information content (AvgIpc) is 2.80. The number of amides is 1. The minimum Gasteiger partial charge on any atom is -0.497 e. The second-order valence-electron chi connectivity index (χ2n) is 4.71. The van der Waals surface area contributed by atoms with Gasteiger partial charge in [-0.2, -0.15) is 0 Å². The Labute approximate surface area is 100 Å². The van der Waals surface area contributed by atoms with Crippen LogP contribution in [-0.4, -0.2) is 32.1 Å². The van der Waals surface area contributed by atoms with Crippen LogP contribution in [0.25, 0.3) is 0 Å². The first-order valence-electron chi connectivity index (χ1n) is 5.95. The highest BCUT2D eigenvalue weighted by Crippen LogP contribution is 2.41. The maximum Gasteiger partial charge on any atom is 0.251 e. The molecule has 3 rings (SSSR count). The van der Waals surface area contributed by atoms with Crippen LogP contribution in [0.4, 0.5) is 0 Å². The number of hydrogen-bond donors (Lipinski definition) is 2. The van der Waals surface area contributed by atoms with Gasteiger partial charge in [-0.1, -0.05) is 0 Å². The van der Waals surface area contributed by atoms with Gasteiger partial charge in [0, 0.05) is 24.7 Å². The Hall–Kier alpha value is -1.55. The molecule has 2 fully saturated rings. The van der Waals surface area contributed by atoms with E-state index >= 15 is 0 Å². The minimum absolute atomic E-state index is 0.0204. The van der Waals surface area contributed by atoms with E-state index in [-0.39, 0.29) is 5.91 Å². The summed E-state index contributed by atoms with van der Waals surface area (Å²) in [4.78, 5) is 12.0. The van der Waals surface area contributed by atoms with E-state index in [1.54, 1.807) is 19.2 Å². The maximum atomic E-state index is 12.0. The van der Waals surface area contributed by atoms with Gasteiger partial charge in [0.25, 0.3) is 5.91 Å². The van der Waals surface area contributed by atoms with Gasteiger partial charge < -0.3 is 15.4 Å². The maximum absolute atomic E-state index is 12.0. The lowest BCUT2D eigenvalue weighted by atomic mass is 10.2. The fourth-order valence-electron chi connectivity index (χ4n) is 2.61. The minimum atomic E-state index is 0.0204. The molecule has 0 bridgehead atoms. The Balaban J connectivity index is 1.62. The topological polar surface area (TPSA) is 50.4 Å². The molecule has 1 saturated carbocycles. The van der Waals surface area contributed by atoms with Gasteiger partial charge in [0.15, 0.2) is 0 Å². The van der Waals surface area contributed by atoms with Crippen LogP contribution in [0.15, 0.2) is 24.3 Å². The predicted octanol–water partition coefficient (Wildman–Crippen LogP) is 0.643. The third-order valence-corrected chi connectivity index (χ3v) is 3.74. The molecule has 2 aliphatic rings. The highest BCUT2D eigenvalue weighted by Gasteiger charge is 2.53. The molecule has 0 aromatic heterocycles. The van der Waals surface area contributed by atoms with Gasteiger partial charge >= 0.3 is 0 Å². The van der Waals surface area contributed by atoms with E-state index in [2.05, 4.69) is 10.6 Å². The quantitative estimate of drug-likeness (QED) is 0.804. The average molecular weight is 232 g/mol. The highest BCUT2D eigenvalue weighted by atomic mass is 16.5. The zero-order valence-corrected chi connectivity index (χ0v) is 9.77. The van der Waals surface area contributed by atoms with E-state index in [4.69, 9.17) is 4.74 Å². The van der Waals surface area contributed by atoms with Gasteiger partial charge in [-0.15, -0.1) is 0 Å². The molecular weight excluding hydrogens is 216 g/mol. The summed E-state index contributed by atoms with van der Waals surface area (Å²) < 4.78 is 5.06. The molecule has 2 N–H and O–H groups in total. The number of carbonyl (C=O) groups is 1. The second-order valence-corrected chi connectivity index (χ2v) is 4.71. The number of ether oxygens (including phenoxy) is 1. The third-order valence-electron chi connectivity index (χ3n) is 3.74. The first kappa shape index (κ1) is 10.6. The summed E-state index contributed by atoms with van der Waals surface area (Å²) in [5.74, 6) is 2.09. The number of piperidine rings is 1. The summed E-state index contributed by atoms with van der Waals surface area (Å²) in [5, 5.41) is 6.40. The SMILES string of the molecule is COc1ccc(C(=O)NC2C3CNCC32)cc1. The fraction of sp³-hybridized carbons (Fsp3) is 0.462. The van der Waals surface area contributed by atoms with Gasteiger partial charge in [-0.05, 0) is 36.1 Å². The number of nitrogens with one attached hydrogen (secondary N) is 2. The number of hydrogen-bond acceptors (Lipinski definition) is 3. The molecule has 1 saturated heterocycles. The standard InChI is InChI=1S/C13H16N2O2/c1-17-9-4-2-8(3-5-9)13(16)15-12-10-6-14-7-11(10)12/h2-5,10-12,14H,6-7H2,1H3,(H,15,16). The summed E-state index contributed by atoms with van der Waals surface area (Å²) in [6.07, 6.45) is 0. The molecule has 4 heteroatoms. The molecule has 1 aliphatic carbocycles. The van der Waals surface area contributed by atoms with Crippen molar-refractivity contribution < 1.29 is 9.53 Å². The van der Waals surface area contributed by atoms with E-state index < -0.39 is 0 Å². The lowest BCUT2D eigenvalue weighted by molar-refractivity contribution is 0.0946. The molecule has 4 nitrogen and oxygen atoms in total. The van der Waals surface area contributed by atoms with Crippen LogP contribution >= 0.6 is 0 Å². The smallest absolute Gasteiger partial charge is 0.251 e. The zero-order chi connectivity index (χ0) is 11.8. The van der Waals surface area contributed by atoms with Gasteiger partial charge in [0.2, 0.25) is 0 Å². The summed E-state index contributed by atoms with van der Waals surface area (Å²) in [6.45, 7) is 2.08. The molecule has 0 radical (unpaired) electrons.